The van der Waals surface area contributed by atoms with Crippen LogP contribution in [0.1, 0.15) is 0 Å². The van der Waals surface area contributed by atoms with Crippen LogP contribution in [-0.2, 0) is 0 Å². The number of nitrogens with zero attached hydrogens (tertiary/aromatic N) is 1. The topological polar surface area (TPSA) is 3.24 Å². The van der Waals surface area contributed by atoms with Gasteiger partial charge in [0.15, 0.2) is 0 Å². The third-order valence-corrected chi connectivity index (χ3v) is 11.0. The molecule has 0 saturated carbocycles. The van der Waals surface area contributed by atoms with E-state index in [-0.39, 0.29) is 5.82 Å². The zero-order valence-electron chi connectivity index (χ0n) is 30.6. The summed E-state index contributed by atoms with van der Waals surface area (Å²) in [4.78, 5) is 2.38. The molecule has 264 valence electrons. The van der Waals surface area contributed by atoms with Crippen molar-refractivity contribution in [3.05, 3.63) is 224 Å². The largest absolute Gasteiger partial charge is 0.310 e. The first-order valence-electron chi connectivity index (χ1n) is 19.0. The molecule has 2 heteroatoms. The quantitative estimate of drug-likeness (QED) is 0.159. The zero-order chi connectivity index (χ0) is 37.4. The van der Waals surface area contributed by atoms with E-state index >= 15 is 0 Å². The maximum atomic E-state index is 13.9. The van der Waals surface area contributed by atoms with Crippen molar-refractivity contribution in [1.29, 1.82) is 0 Å². The molecule has 0 aliphatic rings. The van der Waals surface area contributed by atoms with Gasteiger partial charge in [-0.1, -0.05) is 176 Å². The van der Waals surface area contributed by atoms with Gasteiger partial charge in [0.2, 0.25) is 0 Å². The lowest BCUT2D eigenvalue weighted by atomic mass is 9.91. The minimum atomic E-state index is -0.236. The molecule has 0 radical (unpaired) electrons. The molecule has 10 aromatic rings. The van der Waals surface area contributed by atoms with Crippen molar-refractivity contribution < 1.29 is 4.39 Å². The van der Waals surface area contributed by atoms with Gasteiger partial charge in [-0.3, -0.25) is 0 Å². The van der Waals surface area contributed by atoms with E-state index in [1.165, 1.54) is 55.9 Å². The monoisotopic (exact) mass is 717 g/mol. The van der Waals surface area contributed by atoms with Crippen molar-refractivity contribution in [3.63, 3.8) is 0 Å². The second kappa shape index (κ2) is 14.2. The van der Waals surface area contributed by atoms with E-state index < -0.39 is 0 Å². The van der Waals surface area contributed by atoms with E-state index in [1.807, 2.05) is 12.1 Å². The lowest BCUT2D eigenvalue weighted by Gasteiger charge is -2.28. The summed E-state index contributed by atoms with van der Waals surface area (Å²) >= 11 is 0. The number of halogens is 1. The van der Waals surface area contributed by atoms with Crippen LogP contribution in [0.15, 0.2) is 218 Å². The fourth-order valence-electron chi connectivity index (χ4n) is 8.28. The molecule has 0 aliphatic heterocycles. The van der Waals surface area contributed by atoms with E-state index in [4.69, 9.17) is 0 Å². The number of rotatable bonds is 7. The van der Waals surface area contributed by atoms with Crippen LogP contribution in [0.3, 0.4) is 0 Å². The fraction of sp³-hybridized carbons (Fsp3) is 0. The Balaban J connectivity index is 1.13. The first kappa shape index (κ1) is 33.3. The Morgan fingerprint density at radius 2 is 0.750 bits per heavy atom. The van der Waals surface area contributed by atoms with Gasteiger partial charge in [0, 0.05) is 16.8 Å². The van der Waals surface area contributed by atoms with Gasteiger partial charge >= 0.3 is 0 Å². The van der Waals surface area contributed by atoms with Crippen molar-refractivity contribution in [1.82, 2.24) is 0 Å². The van der Waals surface area contributed by atoms with Gasteiger partial charge in [0.1, 0.15) is 5.82 Å². The Morgan fingerprint density at radius 1 is 0.286 bits per heavy atom. The van der Waals surface area contributed by atoms with Gasteiger partial charge in [-0.15, -0.1) is 0 Å². The van der Waals surface area contributed by atoms with Crippen LogP contribution in [-0.4, -0.2) is 0 Å². The summed E-state index contributed by atoms with van der Waals surface area (Å²) in [5.74, 6) is -0.236. The third-order valence-electron chi connectivity index (χ3n) is 11.0. The summed E-state index contributed by atoms with van der Waals surface area (Å²) in [6, 6.07) is 76.4. The van der Waals surface area contributed by atoms with Gasteiger partial charge in [-0.2, -0.15) is 0 Å². The van der Waals surface area contributed by atoms with Crippen molar-refractivity contribution in [2.75, 3.05) is 4.90 Å². The van der Waals surface area contributed by atoms with E-state index in [0.29, 0.717) is 0 Å². The molecule has 10 aromatic carbocycles. The van der Waals surface area contributed by atoms with Gasteiger partial charge in [-0.05, 0) is 114 Å². The van der Waals surface area contributed by atoms with Gasteiger partial charge in [0.25, 0.3) is 0 Å². The molecule has 0 heterocycles. The lowest BCUT2D eigenvalue weighted by molar-refractivity contribution is 0.628. The minimum Gasteiger partial charge on any atom is -0.310 e. The average Bonchev–Trinajstić information content (AvgIpc) is 3.27. The molecular weight excluding hydrogens is 682 g/mol. The highest BCUT2D eigenvalue weighted by molar-refractivity contribution is 6.11. The fourth-order valence-corrected chi connectivity index (χ4v) is 8.28. The standard InChI is InChI=1S/C54H36FN/c55-43-29-23-40(24-30-43)47-20-9-15-42-16-10-21-48(54(42)47)41-27-33-45(34-28-41)56(44-31-25-38(26-32-44)37-11-2-1-3-12-37)53-36-35-51(50-18-6-7-19-52(50)53)49-22-8-14-39-13-4-5-17-46(39)49/h1-36H. The van der Waals surface area contributed by atoms with Crippen LogP contribution in [0.4, 0.5) is 21.5 Å². The molecule has 0 atom stereocenters. The average molecular weight is 718 g/mol. The first-order valence-corrected chi connectivity index (χ1v) is 19.0. The van der Waals surface area contributed by atoms with Crippen molar-refractivity contribution in [2.45, 2.75) is 0 Å². The second-order valence-electron chi connectivity index (χ2n) is 14.2. The molecule has 0 bridgehead atoms. The summed E-state index contributed by atoms with van der Waals surface area (Å²) in [7, 11) is 0. The smallest absolute Gasteiger partial charge is 0.123 e. The van der Waals surface area contributed by atoms with Crippen molar-refractivity contribution in [2.24, 2.45) is 0 Å². The molecule has 0 saturated heterocycles. The molecule has 0 amide bonds. The SMILES string of the molecule is Fc1ccc(-c2cccc3cccc(-c4ccc(N(c5ccc(-c6ccccc6)cc5)c5ccc(-c6cccc7ccccc67)c6ccccc56)cc4)c23)cc1. The predicted octanol–water partition coefficient (Wildman–Crippen LogP) is 15.4. The van der Waals surface area contributed by atoms with E-state index in [9.17, 15) is 4.39 Å². The molecule has 1 nitrogen and oxygen atoms in total. The van der Waals surface area contributed by atoms with Gasteiger partial charge in [0.05, 0.1) is 5.69 Å². The molecule has 56 heavy (non-hydrogen) atoms. The summed E-state index contributed by atoms with van der Waals surface area (Å²) in [6.07, 6.45) is 0. The normalized spacial score (nSPS) is 11.3. The van der Waals surface area contributed by atoms with Crippen LogP contribution in [0.25, 0.3) is 76.8 Å². The lowest BCUT2D eigenvalue weighted by Crippen LogP contribution is -2.10. The van der Waals surface area contributed by atoms with Crippen LogP contribution in [0.5, 0.6) is 0 Å². The van der Waals surface area contributed by atoms with Crippen molar-refractivity contribution in [3.8, 4) is 44.5 Å². The number of hydrogen-bond donors (Lipinski definition) is 0. The van der Waals surface area contributed by atoms with Crippen LogP contribution >= 0.6 is 0 Å². The summed E-state index contributed by atoms with van der Waals surface area (Å²) in [5, 5.41) is 7.14. The molecular formula is C54H36FN. The molecule has 0 fully saturated rings. The van der Waals surface area contributed by atoms with Crippen LogP contribution in [0, 0.1) is 5.82 Å². The highest BCUT2D eigenvalue weighted by Gasteiger charge is 2.19. The van der Waals surface area contributed by atoms with Gasteiger partial charge in [-0.25, -0.2) is 4.39 Å². The minimum absolute atomic E-state index is 0.236. The Morgan fingerprint density at radius 3 is 1.41 bits per heavy atom. The predicted molar refractivity (Wildman–Crippen MR) is 235 cm³/mol. The number of fused-ring (bicyclic) bond motifs is 3. The van der Waals surface area contributed by atoms with Crippen LogP contribution < -0.4 is 4.90 Å². The summed E-state index contributed by atoms with van der Waals surface area (Å²) in [6.45, 7) is 0. The maximum absolute atomic E-state index is 13.9. The summed E-state index contributed by atoms with van der Waals surface area (Å²) in [5.41, 5.74) is 12.4. The first-order chi connectivity index (χ1) is 27.7. The van der Waals surface area contributed by atoms with E-state index in [1.54, 1.807) is 0 Å². The molecule has 0 unspecified atom stereocenters. The van der Waals surface area contributed by atoms with Gasteiger partial charge < -0.3 is 4.90 Å². The number of benzene rings is 10. The zero-order valence-corrected chi connectivity index (χ0v) is 30.6. The maximum Gasteiger partial charge on any atom is 0.123 e. The van der Waals surface area contributed by atoms with Crippen molar-refractivity contribution >= 4 is 49.4 Å². The Bertz CT molecular complexity index is 2990. The number of anilines is 3. The molecule has 0 N–H and O–H groups in total. The summed E-state index contributed by atoms with van der Waals surface area (Å²) < 4.78 is 13.9. The number of hydrogen-bond acceptors (Lipinski definition) is 1. The third kappa shape index (κ3) is 5.98. The highest BCUT2D eigenvalue weighted by atomic mass is 19.1. The molecule has 0 aliphatic carbocycles. The molecule has 0 spiro atoms. The van der Waals surface area contributed by atoms with E-state index in [0.717, 1.165) is 50.1 Å². The molecule has 10 rings (SSSR count). The second-order valence-corrected chi connectivity index (χ2v) is 14.2. The molecule has 0 aromatic heterocycles. The highest BCUT2D eigenvalue weighted by Crippen LogP contribution is 2.44. The van der Waals surface area contributed by atoms with Crippen LogP contribution in [0.2, 0.25) is 0 Å². The van der Waals surface area contributed by atoms with E-state index in [2.05, 4.69) is 199 Å². The Labute approximate surface area is 326 Å². The Hall–Kier alpha value is -7.29. The Kier molecular flexibility index (Phi) is 8.42.